The van der Waals surface area contributed by atoms with E-state index in [1.54, 1.807) is 12.3 Å². The van der Waals surface area contributed by atoms with Gasteiger partial charge in [-0.2, -0.15) is 0 Å². The lowest BCUT2D eigenvalue weighted by molar-refractivity contribution is 0.467. The Labute approximate surface area is 234 Å². The number of halogens is 1. The van der Waals surface area contributed by atoms with Crippen LogP contribution in [0.15, 0.2) is 116 Å². The molecule has 4 aromatic carbocycles. The monoisotopic (exact) mass is 527 g/mol. The molecular weight excluding hydrogens is 498 g/mol. The van der Waals surface area contributed by atoms with E-state index < -0.39 is 0 Å². The first-order valence-electron chi connectivity index (χ1n) is 13.4. The van der Waals surface area contributed by atoms with Gasteiger partial charge in [0.25, 0.3) is 0 Å². The molecule has 3 nitrogen and oxygen atoms in total. The van der Waals surface area contributed by atoms with Gasteiger partial charge in [0, 0.05) is 34.9 Å². The van der Waals surface area contributed by atoms with E-state index in [-0.39, 0.29) is 0 Å². The molecule has 1 aliphatic rings. The van der Waals surface area contributed by atoms with Crippen molar-refractivity contribution in [3.63, 3.8) is 0 Å². The molecule has 1 aliphatic carbocycles. The highest BCUT2D eigenvalue weighted by molar-refractivity contribution is 6.29. The Morgan fingerprint density at radius 3 is 2.13 bits per heavy atom. The minimum absolute atomic E-state index is 0.368. The summed E-state index contributed by atoms with van der Waals surface area (Å²) in [5.41, 5.74) is 13.7. The van der Waals surface area contributed by atoms with Crippen molar-refractivity contribution in [3.8, 4) is 11.3 Å². The normalized spacial score (nSPS) is 16.4. The number of hydrogen-bond donors (Lipinski definition) is 1. The summed E-state index contributed by atoms with van der Waals surface area (Å²) in [6.07, 6.45) is 5.81. The lowest BCUT2D eigenvalue weighted by Gasteiger charge is -2.32. The summed E-state index contributed by atoms with van der Waals surface area (Å²) in [5, 5.41) is 5.60. The van der Waals surface area contributed by atoms with Crippen LogP contribution in [0.25, 0.3) is 32.8 Å². The zero-order valence-electron chi connectivity index (χ0n) is 21.9. The van der Waals surface area contributed by atoms with Gasteiger partial charge in [-0.3, -0.25) is 4.98 Å². The number of pyridine rings is 2. The molecule has 2 heterocycles. The van der Waals surface area contributed by atoms with E-state index in [9.17, 15) is 0 Å². The standard InChI is InChI=1S/C30H26N2.C5H4ClN/c1-19-17-27(21-7-2-3-8-26(21)30-11-4-5-16-32-30)24-13-12-22-20-9-6-10-29(31)25(20)15-14-23(22)28(24)18-19;6-5-3-1-2-4-7-5/h2-16,19,27H,17-18,31H2,1H3;1-4H. The Balaban J connectivity index is 0.000000346. The topological polar surface area (TPSA) is 51.8 Å². The molecule has 0 amide bonds. The van der Waals surface area contributed by atoms with Gasteiger partial charge in [-0.1, -0.05) is 91.3 Å². The fraction of sp³-hybridized carbons (Fsp3) is 0.143. The summed E-state index contributed by atoms with van der Waals surface area (Å²) in [6.45, 7) is 2.39. The summed E-state index contributed by atoms with van der Waals surface area (Å²) in [7, 11) is 0. The first-order valence-corrected chi connectivity index (χ1v) is 13.8. The van der Waals surface area contributed by atoms with Crippen molar-refractivity contribution < 1.29 is 0 Å². The lowest BCUT2D eigenvalue weighted by atomic mass is 9.72. The number of rotatable bonds is 2. The predicted octanol–water partition coefficient (Wildman–Crippen LogP) is 9.09. The summed E-state index contributed by atoms with van der Waals surface area (Å²) >= 11 is 5.43. The molecule has 2 unspecified atom stereocenters. The number of benzene rings is 4. The van der Waals surface area contributed by atoms with E-state index >= 15 is 0 Å². The van der Waals surface area contributed by atoms with Crippen molar-refractivity contribution in [1.29, 1.82) is 0 Å². The molecule has 6 aromatic rings. The number of anilines is 1. The van der Waals surface area contributed by atoms with Gasteiger partial charge >= 0.3 is 0 Å². The van der Waals surface area contributed by atoms with Gasteiger partial charge in [0.2, 0.25) is 0 Å². The Kier molecular flexibility index (Phi) is 7.00. The molecule has 0 spiro atoms. The maximum atomic E-state index is 6.27. The molecule has 0 saturated heterocycles. The van der Waals surface area contributed by atoms with Crippen molar-refractivity contribution in [2.24, 2.45) is 5.92 Å². The summed E-state index contributed by atoms with van der Waals surface area (Å²) in [6, 6.07) is 35.8. The van der Waals surface area contributed by atoms with Crippen molar-refractivity contribution in [3.05, 3.63) is 137 Å². The molecule has 7 rings (SSSR count). The van der Waals surface area contributed by atoms with E-state index in [0.29, 0.717) is 17.0 Å². The van der Waals surface area contributed by atoms with Gasteiger partial charge in [0.05, 0.1) is 5.69 Å². The molecule has 2 N–H and O–H groups in total. The highest BCUT2D eigenvalue weighted by atomic mass is 35.5. The van der Waals surface area contributed by atoms with E-state index in [1.165, 1.54) is 38.4 Å². The number of hydrogen-bond acceptors (Lipinski definition) is 3. The maximum absolute atomic E-state index is 6.27. The third-order valence-electron chi connectivity index (χ3n) is 7.71. The second-order valence-electron chi connectivity index (χ2n) is 10.3. The second kappa shape index (κ2) is 10.9. The third-order valence-corrected chi connectivity index (χ3v) is 7.94. The van der Waals surface area contributed by atoms with Crippen LogP contribution in [-0.2, 0) is 6.42 Å². The third kappa shape index (κ3) is 4.98. The van der Waals surface area contributed by atoms with Crippen LogP contribution in [0.4, 0.5) is 5.69 Å². The van der Waals surface area contributed by atoms with Gasteiger partial charge in [-0.15, -0.1) is 0 Å². The number of fused-ring (bicyclic) bond motifs is 5. The van der Waals surface area contributed by atoms with E-state index in [1.807, 2.05) is 30.5 Å². The Hall–Kier alpha value is -4.21. The van der Waals surface area contributed by atoms with Crippen LogP contribution in [0.3, 0.4) is 0 Å². The van der Waals surface area contributed by atoms with Crippen LogP contribution in [-0.4, -0.2) is 9.97 Å². The fourth-order valence-electron chi connectivity index (χ4n) is 5.99. The molecule has 0 aliphatic heterocycles. The largest absolute Gasteiger partial charge is 0.398 e. The first kappa shape index (κ1) is 25.1. The zero-order chi connectivity index (χ0) is 26.8. The van der Waals surface area contributed by atoms with Crippen molar-refractivity contribution >= 4 is 38.8 Å². The van der Waals surface area contributed by atoms with E-state index in [4.69, 9.17) is 17.3 Å². The van der Waals surface area contributed by atoms with Crippen LogP contribution in [0.5, 0.6) is 0 Å². The SMILES string of the molecule is CC1Cc2c(ccc3c2ccc2c(N)cccc23)C(c2ccccc2-c2ccccn2)C1.Clc1ccccn1. The lowest BCUT2D eigenvalue weighted by Crippen LogP contribution is -2.18. The van der Waals surface area contributed by atoms with Gasteiger partial charge in [-0.25, -0.2) is 4.98 Å². The van der Waals surface area contributed by atoms with Crippen LogP contribution < -0.4 is 5.73 Å². The number of nitrogens with zero attached hydrogens (tertiary/aromatic N) is 2. The Morgan fingerprint density at radius 1 is 0.667 bits per heavy atom. The van der Waals surface area contributed by atoms with Gasteiger partial charge in [-0.05, 0) is 81.9 Å². The molecule has 0 radical (unpaired) electrons. The number of aromatic nitrogens is 2. The number of nitrogens with two attached hydrogens (primary N) is 1. The van der Waals surface area contributed by atoms with Crippen molar-refractivity contribution in [2.45, 2.75) is 25.7 Å². The number of nitrogen functional groups attached to an aromatic ring is 1. The molecule has 2 aromatic heterocycles. The molecule has 2 atom stereocenters. The van der Waals surface area contributed by atoms with Crippen LogP contribution >= 0.6 is 11.6 Å². The molecule has 0 saturated carbocycles. The van der Waals surface area contributed by atoms with E-state index in [0.717, 1.165) is 29.6 Å². The smallest absolute Gasteiger partial charge is 0.129 e. The van der Waals surface area contributed by atoms with Crippen LogP contribution in [0.1, 0.15) is 36.0 Å². The highest BCUT2D eigenvalue weighted by Gasteiger charge is 2.29. The molecule has 4 heteroatoms. The maximum Gasteiger partial charge on any atom is 0.129 e. The minimum Gasteiger partial charge on any atom is -0.398 e. The average Bonchev–Trinajstić information content (AvgIpc) is 2.98. The summed E-state index contributed by atoms with van der Waals surface area (Å²) < 4.78 is 0. The van der Waals surface area contributed by atoms with Gasteiger partial charge in [0.1, 0.15) is 5.15 Å². The first-order chi connectivity index (χ1) is 19.1. The van der Waals surface area contributed by atoms with Gasteiger partial charge < -0.3 is 5.73 Å². The van der Waals surface area contributed by atoms with Crippen LogP contribution in [0, 0.1) is 5.92 Å². The zero-order valence-corrected chi connectivity index (χ0v) is 22.6. The van der Waals surface area contributed by atoms with Gasteiger partial charge in [0.15, 0.2) is 0 Å². The van der Waals surface area contributed by atoms with Crippen LogP contribution in [0.2, 0.25) is 5.15 Å². The summed E-state index contributed by atoms with van der Waals surface area (Å²) in [5.74, 6) is 0.985. The average molecular weight is 528 g/mol. The van der Waals surface area contributed by atoms with Crippen molar-refractivity contribution in [1.82, 2.24) is 9.97 Å². The molecule has 192 valence electrons. The second-order valence-corrected chi connectivity index (χ2v) is 10.7. The molecular formula is C35H30ClN3. The quantitative estimate of drug-likeness (QED) is 0.139. The summed E-state index contributed by atoms with van der Waals surface area (Å²) in [4.78, 5) is 8.40. The molecule has 39 heavy (non-hydrogen) atoms. The molecule has 0 fully saturated rings. The fourth-order valence-corrected chi connectivity index (χ4v) is 6.11. The Morgan fingerprint density at radius 2 is 1.38 bits per heavy atom. The van der Waals surface area contributed by atoms with Crippen molar-refractivity contribution in [2.75, 3.05) is 5.73 Å². The Bertz CT molecular complexity index is 1750. The predicted molar refractivity (Wildman–Crippen MR) is 164 cm³/mol. The molecule has 0 bridgehead atoms. The minimum atomic E-state index is 0.368. The van der Waals surface area contributed by atoms with E-state index in [2.05, 4.69) is 89.7 Å². The highest BCUT2D eigenvalue weighted by Crippen LogP contribution is 2.45.